The molecular weight excluding hydrogens is 382 g/mol. The van der Waals surface area contributed by atoms with Crippen molar-refractivity contribution in [3.05, 3.63) is 82.0 Å². The van der Waals surface area contributed by atoms with E-state index in [9.17, 15) is 9.59 Å². The van der Waals surface area contributed by atoms with Crippen LogP contribution in [0.5, 0.6) is 0 Å². The topological polar surface area (TPSA) is 55.2 Å². The number of carbonyl (C=O) groups is 1. The van der Waals surface area contributed by atoms with E-state index in [2.05, 4.69) is 11.2 Å². The Morgan fingerprint density at radius 1 is 1.07 bits per heavy atom. The van der Waals surface area contributed by atoms with Crippen LogP contribution in [0.4, 0.5) is 5.69 Å². The molecule has 1 aliphatic heterocycles. The smallest absolute Gasteiger partial charge is 0.275 e. The Hall–Kier alpha value is -3.25. The molecule has 5 rings (SSSR count). The van der Waals surface area contributed by atoms with Gasteiger partial charge < -0.3 is 4.90 Å². The van der Waals surface area contributed by atoms with E-state index in [0.717, 1.165) is 33.6 Å². The van der Waals surface area contributed by atoms with Crippen molar-refractivity contribution in [1.82, 2.24) is 9.78 Å². The van der Waals surface area contributed by atoms with E-state index in [0.29, 0.717) is 5.39 Å². The van der Waals surface area contributed by atoms with Crippen LogP contribution in [0.2, 0.25) is 0 Å². The standard InChI is InChI=1S/C23H19N3O2S/c1-15-13-16-7-2-5-10-19(16)26(15)21(27)14-25-23(28)18-9-4-3-8-17(18)22(24-25)20-11-6-12-29-20/h2-12,15H,13-14H2,1H3/t15-/m1/s1. The molecule has 0 saturated carbocycles. The molecule has 0 aliphatic carbocycles. The highest BCUT2D eigenvalue weighted by Gasteiger charge is 2.31. The fourth-order valence-electron chi connectivity index (χ4n) is 4.09. The molecule has 0 bridgehead atoms. The van der Waals surface area contributed by atoms with Crippen molar-refractivity contribution in [2.24, 2.45) is 0 Å². The van der Waals surface area contributed by atoms with Gasteiger partial charge in [-0.05, 0) is 42.5 Å². The van der Waals surface area contributed by atoms with Gasteiger partial charge in [0.2, 0.25) is 5.91 Å². The molecule has 144 valence electrons. The Labute approximate surface area is 171 Å². The van der Waals surface area contributed by atoms with E-state index < -0.39 is 0 Å². The molecule has 0 unspecified atom stereocenters. The second-order valence-electron chi connectivity index (χ2n) is 7.28. The van der Waals surface area contributed by atoms with E-state index in [4.69, 9.17) is 0 Å². The molecule has 0 radical (unpaired) electrons. The number of hydrogen-bond donors (Lipinski definition) is 0. The molecular formula is C23H19N3O2S. The summed E-state index contributed by atoms with van der Waals surface area (Å²) in [5, 5.41) is 7.97. The molecule has 0 N–H and O–H groups in total. The zero-order valence-corrected chi connectivity index (χ0v) is 16.7. The first-order valence-corrected chi connectivity index (χ1v) is 10.4. The molecule has 1 amide bonds. The fraction of sp³-hybridized carbons (Fsp3) is 0.174. The highest BCUT2D eigenvalue weighted by molar-refractivity contribution is 7.13. The predicted molar refractivity (Wildman–Crippen MR) is 116 cm³/mol. The van der Waals surface area contributed by atoms with Gasteiger partial charge in [0, 0.05) is 17.1 Å². The quantitative estimate of drug-likeness (QED) is 0.519. The highest BCUT2D eigenvalue weighted by atomic mass is 32.1. The Bertz CT molecular complexity index is 1280. The minimum atomic E-state index is -0.241. The van der Waals surface area contributed by atoms with E-state index in [1.807, 2.05) is 60.8 Å². The van der Waals surface area contributed by atoms with Crippen LogP contribution in [-0.2, 0) is 17.8 Å². The van der Waals surface area contributed by atoms with Crippen molar-refractivity contribution >= 4 is 33.7 Å². The van der Waals surface area contributed by atoms with Crippen LogP contribution in [0.3, 0.4) is 0 Å². The molecule has 5 nitrogen and oxygen atoms in total. The number of rotatable bonds is 3. The van der Waals surface area contributed by atoms with E-state index >= 15 is 0 Å². The van der Waals surface area contributed by atoms with Crippen LogP contribution in [0.15, 0.2) is 70.8 Å². The lowest BCUT2D eigenvalue weighted by molar-refractivity contribution is -0.119. The molecule has 1 atom stereocenters. The van der Waals surface area contributed by atoms with Crippen LogP contribution in [0, 0.1) is 0 Å². The molecule has 0 saturated heterocycles. The second kappa shape index (κ2) is 6.97. The molecule has 0 fully saturated rings. The predicted octanol–water partition coefficient (Wildman–Crippen LogP) is 4.10. The minimum absolute atomic E-state index is 0.0628. The van der Waals surface area contributed by atoms with Crippen LogP contribution in [0.25, 0.3) is 21.3 Å². The molecule has 3 heterocycles. The first-order chi connectivity index (χ1) is 14.1. The summed E-state index contributed by atoms with van der Waals surface area (Å²) < 4.78 is 1.31. The maximum absolute atomic E-state index is 13.2. The monoisotopic (exact) mass is 401 g/mol. The third-order valence-electron chi connectivity index (χ3n) is 5.38. The van der Waals surface area contributed by atoms with Gasteiger partial charge in [-0.3, -0.25) is 9.59 Å². The van der Waals surface area contributed by atoms with Crippen LogP contribution >= 0.6 is 11.3 Å². The number of carbonyl (C=O) groups excluding carboxylic acids is 1. The van der Waals surface area contributed by atoms with Crippen LogP contribution < -0.4 is 10.5 Å². The van der Waals surface area contributed by atoms with Gasteiger partial charge in [0.25, 0.3) is 5.56 Å². The number of anilines is 1. The second-order valence-corrected chi connectivity index (χ2v) is 8.23. The summed E-state index contributed by atoms with van der Waals surface area (Å²) in [5.41, 5.74) is 2.58. The summed E-state index contributed by atoms with van der Waals surface area (Å²) >= 11 is 1.57. The molecule has 2 aromatic heterocycles. The Morgan fingerprint density at radius 2 is 1.83 bits per heavy atom. The van der Waals surface area contributed by atoms with Crippen molar-refractivity contribution in [2.75, 3.05) is 4.90 Å². The molecule has 2 aromatic carbocycles. The zero-order valence-electron chi connectivity index (χ0n) is 15.9. The summed E-state index contributed by atoms with van der Waals surface area (Å²) in [5.74, 6) is -0.121. The average Bonchev–Trinajstić information content (AvgIpc) is 3.37. The van der Waals surface area contributed by atoms with Gasteiger partial charge in [-0.1, -0.05) is 42.5 Å². The number of aromatic nitrogens is 2. The minimum Gasteiger partial charge on any atom is -0.307 e. The third-order valence-corrected chi connectivity index (χ3v) is 6.26. The maximum atomic E-state index is 13.2. The fourth-order valence-corrected chi connectivity index (χ4v) is 4.81. The molecule has 6 heteroatoms. The van der Waals surface area contributed by atoms with Crippen molar-refractivity contribution in [3.63, 3.8) is 0 Å². The summed E-state index contributed by atoms with van der Waals surface area (Å²) in [6.07, 6.45) is 0.822. The number of thiophene rings is 1. The summed E-state index contributed by atoms with van der Waals surface area (Å²) in [4.78, 5) is 29.0. The molecule has 0 spiro atoms. The number of hydrogen-bond acceptors (Lipinski definition) is 4. The summed E-state index contributed by atoms with van der Waals surface area (Å²) in [7, 11) is 0. The van der Waals surface area contributed by atoms with Crippen LogP contribution in [0.1, 0.15) is 12.5 Å². The van der Waals surface area contributed by atoms with Gasteiger partial charge >= 0.3 is 0 Å². The van der Waals surface area contributed by atoms with Crippen LogP contribution in [-0.4, -0.2) is 21.7 Å². The van der Waals surface area contributed by atoms with E-state index in [-0.39, 0.29) is 24.1 Å². The van der Waals surface area contributed by atoms with Gasteiger partial charge in [-0.2, -0.15) is 5.10 Å². The first kappa shape index (κ1) is 17.8. The summed E-state index contributed by atoms with van der Waals surface area (Å²) in [6.45, 7) is 1.95. The van der Waals surface area contributed by atoms with Crippen molar-refractivity contribution in [1.29, 1.82) is 0 Å². The van der Waals surface area contributed by atoms with Gasteiger partial charge in [0.1, 0.15) is 12.2 Å². The number of nitrogens with zero attached hydrogens (tertiary/aromatic N) is 3. The first-order valence-electron chi connectivity index (χ1n) is 9.57. The average molecular weight is 401 g/mol. The Balaban J connectivity index is 1.59. The Kier molecular flexibility index (Phi) is 4.28. The highest BCUT2D eigenvalue weighted by Crippen LogP contribution is 2.32. The van der Waals surface area contributed by atoms with Crippen molar-refractivity contribution in [3.8, 4) is 10.6 Å². The van der Waals surface area contributed by atoms with E-state index in [1.54, 1.807) is 22.3 Å². The van der Waals surface area contributed by atoms with Gasteiger partial charge in [0.05, 0.1) is 10.3 Å². The van der Waals surface area contributed by atoms with Gasteiger partial charge in [-0.25, -0.2) is 4.68 Å². The maximum Gasteiger partial charge on any atom is 0.275 e. The number of amides is 1. The number of fused-ring (bicyclic) bond motifs is 2. The van der Waals surface area contributed by atoms with Gasteiger partial charge in [0.15, 0.2) is 0 Å². The Morgan fingerprint density at radius 3 is 2.62 bits per heavy atom. The lowest BCUT2D eigenvalue weighted by Gasteiger charge is -2.23. The molecule has 29 heavy (non-hydrogen) atoms. The lowest BCUT2D eigenvalue weighted by Crippen LogP contribution is -2.40. The zero-order chi connectivity index (χ0) is 20.0. The largest absolute Gasteiger partial charge is 0.307 e. The number of para-hydroxylation sites is 1. The van der Waals surface area contributed by atoms with Crippen molar-refractivity contribution < 1.29 is 4.79 Å². The van der Waals surface area contributed by atoms with Crippen molar-refractivity contribution in [2.45, 2.75) is 25.9 Å². The third kappa shape index (κ3) is 2.96. The van der Waals surface area contributed by atoms with E-state index in [1.165, 1.54) is 4.68 Å². The lowest BCUT2D eigenvalue weighted by atomic mass is 10.1. The normalized spacial score (nSPS) is 15.6. The van der Waals surface area contributed by atoms with Gasteiger partial charge in [-0.15, -0.1) is 11.3 Å². The molecule has 4 aromatic rings. The summed E-state index contributed by atoms with van der Waals surface area (Å²) in [6, 6.07) is 19.4. The SMILES string of the molecule is C[C@@H]1Cc2ccccc2N1C(=O)Cn1nc(-c2cccs2)c2ccccc2c1=O. The number of benzene rings is 2. The molecule has 1 aliphatic rings.